The summed E-state index contributed by atoms with van der Waals surface area (Å²) >= 11 is 0. The molecule has 0 saturated heterocycles. The molecule has 0 bridgehead atoms. The number of aliphatic hydroxyl groups excluding tert-OH is 1. The third-order valence-electron chi connectivity index (χ3n) is 3.88. The Morgan fingerprint density at radius 3 is 2.31 bits per heavy atom. The van der Waals surface area contributed by atoms with Crippen molar-refractivity contribution in [3.63, 3.8) is 0 Å². The number of nitrogen functional groups attached to an aromatic ring is 1. The molecule has 0 aliphatic heterocycles. The fourth-order valence-electron chi connectivity index (χ4n) is 2.52. The predicted molar refractivity (Wildman–Crippen MR) is 104 cm³/mol. The van der Waals surface area contributed by atoms with Crippen LogP contribution < -0.4 is 5.73 Å². The van der Waals surface area contributed by atoms with Gasteiger partial charge < -0.3 is 20.5 Å². The van der Waals surface area contributed by atoms with Crippen molar-refractivity contribution in [2.75, 3.05) is 18.8 Å². The maximum atomic E-state index is 12.6. The van der Waals surface area contributed by atoms with E-state index < -0.39 is 17.8 Å². The third kappa shape index (κ3) is 6.41. The highest BCUT2D eigenvalue weighted by molar-refractivity contribution is 5.68. The van der Waals surface area contributed by atoms with Gasteiger partial charge in [0, 0.05) is 12.2 Å². The van der Waals surface area contributed by atoms with Crippen molar-refractivity contribution in [2.45, 2.75) is 38.9 Å². The number of benzene rings is 2. The van der Waals surface area contributed by atoms with Crippen LogP contribution in [0.2, 0.25) is 0 Å². The normalized spacial score (nSPS) is 12.5. The van der Waals surface area contributed by atoms with Crippen LogP contribution in [0.1, 0.15) is 38.0 Å². The minimum atomic E-state index is -0.768. The number of nitrogens with zero attached hydrogens (tertiary/aromatic N) is 1. The van der Waals surface area contributed by atoms with Gasteiger partial charge in [-0.2, -0.15) is 0 Å². The fraction of sp³-hybridized carbons (Fsp3) is 0.381. The molecule has 2 aromatic carbocycles. The minimum absolute atomic E-state index is 0.175. The minimum Gasteiger partial charge on any atom is -0.444 e. The van der Waals surface area contributed by atoms with Crippen molar-refractivity contribution >= 4 is 11.8 Å². The Kier molecular flexibility index (Phi) is 6.64. The van der Waals surface area contributed by atoms with Gasteiger partial charge in [-0.3, -0.25) is 0 Å². The molecule has 0 fully saturated rings. The molecular formula is C21H28N2O3. The van der Waals surface area contributed by atoms with Gasteiger partial charge in [-0.25, -0.2) is 4.79 Å². The molecule has 0 aliphatic carbocycles. The van der Waals surface area contributed by atoms with Gasteiger partial charge in [-0.15, -0.1) is 0 Å². The first-order valence-corrected chi connectivity index (χ1v) is 8.80. The first-order chi connectivity index (χ1) is 12.2. The molecule has 1 amide bonds. The summed E-state index contributed by atoms with van der Waals surface area (Å²) in [6.07, 6.45) is -0.542. The van der Waals surface area contributed by atoms with Crippen LogP contribution in [0.15, 0.2) is 54.6 Å². The molecule has 0 spiro atoms. The molecule has 26 heavy (non-hydrogen) atoms. The van der Waals surface area contributed by atoms with E-state index in [4.69, 9.17) is 10.5 Å². The van der Waals surface area contributed by atoms with E-state index in [9.17, 15) is 9.90 Å². The van der Waals surface area contributed by atoms with E-state index in [-0.39, 0.29) is 6.54 Å². The average molecular weight is 356 g/mol. The van der Waals surface area contributed by atoms with E-state index in [1.165, 1.54) is 0 Å². The van der Waals surface area contributed by atoms with Gasteiger partial charge in [0.1, 0.15) is 5.60 Å². The quantitative estimate of drug-likeness (QED) is 0.772. The second-order valence-electron chi connectivity index (χ2n) is 7.34. The van der Waals surface area contributed by atoms with Crippen LogP contribution in [0.4, 0.5) is 10.5 Å². The number of hydrogen-bond acceptors (Lipinski definition) is 4. The van der Waals surface area contributed by atoms with Crippen LogP contribution in [0.3, 0.4) is 0 Å². The van der Waals surface area contributed by atoms with Crippen LogP contribution in [0.25, 0.3) is 0 Å². The van der Waals surface area contributed by atoms with Gasteiger partial charge in [-0.1, -0.05) is 42.5 Å². The van der Waals surface area contributed by atoms with Gasteiger partial charge >= 0.3 is 6.09 Å². The third-order valence-corrected chi connectivity index (χ3v) is 3.88. The van der Waals surface area contributed by atoms with Crippen LogP contribution in [-0.4, -0.2) is 34.8 Å². The van der Waals surface area contributed by atoms with Crippen molar-refractivity contribution in [3.8, 4) is 0 Å². The summed E-state index contributed by atoms with van der Waals surface area (Å²) < 4.78 is 5.50. The zero-order valence-electron chi connectivity index (χ0n) is 15.7. The van der Waals surface area contributed by atoms with Gasteiger partial charge in [0.15, 0.2) is 0 Å². The van der Waals surface area contributed by atoms with Crippen molar-refractivity contribution in [1.29, 1.82) is 0 Å². The SMILES string of the molecule is CC(C)(C)OC(=O)N(CCc1ccc(N)cc1)CC(O)c1ccccc1. The van der Waals surface area contributed by atoms with E-state index in [2.05, 4.69) is 0 Å². The lowest BCUT2D eigenvalue weighted by atomic mass is 10.1. The summed E-state index contributed by atoms with van der Waals surface area (Å²) in [6, 6.07) is 16.9. The Balaban J connectivity index is 2.07. The highest BCUT2D eigenvalue weighted by Crippen LogP contribution is 2.17. The Labute approximate surface area is 155 Å². The Bertz CT molecular complexity index is 693. The predicted octanol–water partition coefficient (Wildman–Crippen LogP) is 3.78. The zero-order chi connectivity index (χ0) is 19.2. The molecule has 1 atom stereocenters. The summed E-state index contributed by atoms with van der Waals surface area (Å²) in [6.45, 7) is 6.11. The largest absolute Gasteiger partial charge is 0.444 e. The van der Waals surface area contributed by atoms with Crippen molar-refractivity contribution < 1.29 is 14.6 Å². The number of amides is 1. The first-order valence-electron chi connectivity index (χ1n) is 8.80. The number of anilines is 1. The van der Waals surface area contributed by atoms with E-state index in [0.29, 0.717) is 18.7 Å². The monoisotopic (exact) mass is 356 g/mol. The smallest absolute Gasteiger partial charge is 0.410 e. The van der Waals surface area contributed by atoms with Crippen molar-refractivity contribution in [1.82, 2.24) is 4.90 Å². The summed E-state index contributed by atoms with van der Waals surface area (Å²) in [5.74, 6) is 0. The molecule has 5 nitrogen and oxygen atoms in total. The molecule has 140 valence electrons. The Morgan fingerprint density at radius 1 is 1.12 bits per heavy atom. The lowest BCUT2D eigenvalue weighted by molar-refractivity contribution is 0.0147. The van der Waals surface area contributed by atoms with Crippen LogP contribution in [0, 0.1) is 0 Å². The molecule has 3 N–H and O–H groups in total. The Morgan fingerprint density at radius 2 is 1.73 bits per heavy atom. The highest BCUT2D eigenvalue weighted by Gasteiger charge is 2.24. The number of aliphatic hydroxyl groups is 1. The lowest BCUT2D eigenvalue weighted by Crippen LogP contribution is -2.40. The van der Waals surface area contributed by atoms with Gasteiger partial charge in [0.2, 0.25) is 0 Å². The summed E-state index contributed by atoms with van der Waals surface area (Å²) in [5, 5.41) is 10.5. The second-order valence-corrected chi connectivity index (χ2v) is 7.34. The molecule has 1 unspecified atom stereocenters. The fourth-order valence-corrected chi connectivity index (χ4v) is 2.52. The highest BCUT2D eigenvalue weighted by atomic mass is 16.6. The summed E-state index contributed by atoms with van der Waals surface area (Å²) in [7, 11) is 0. The lowest BCUT2D eigenvalue weighted by Gasteiger charge is -2.29. The number of carbonyl (C=O) groups is 1. The van der Waals surface area contributed by atoms with Crippen LogP contribution >= 0.6 is 0 Å². The molecule has 0 heterocycles. The van der Waals surface area contributed by atoms with Crippen LogP contribution in [-0.2, 0) is 11.2 Å². The number of carbonyl (C=O) groups excluding carboxylic acids is 1. The molecule has 0 aliphatic rings. The maximum Gasteiger partial charge on any atom is 0.410 e. The molecule has 0 saturated carbocycles. The molecule has 0 radical (unpaired) electrons. The van der Waals surface area contributed by atoms with E-state index >= 15 is 0 Å². The molecule has 5 heteroatoms. The van der Waals surface area contributed by atoms with Gasteiger partial charge in [0.05, 0.1) is 12.6 Å². The van der Waals surface area contributed by atoms with Crippen molar-refractivity contribution in [2.24, 2.45) is 0 Å². The van der Waals surface area contributed by atoms with E-state index in [1.54, 1.807) is 4.90 Å². The van der Waals surface area contributed by atoms with Crippen LogP contribution in [0.5, 0.6) is 0 Å². The molecule has 0 aromatic heterocycles. The standard InChI is InChI=1S/C21H28N2O3/c1-21(2,3)26-20(25)23(14-13-16-9-11-18(22)12-10-16)15-19(24)17-7-5-4-6-8-17/h4-12,19,24H,13-15,22H2,1-3H3. The van der Waals surface area contributed by atoms with Crippen molar-refractivity contribution in [3.05, 3.63) is 65.7 Å². The summed E-state index contributed by atoms with van der Waals surface area (Å²) in [5.41, 5.74) is 7.67. The number of ether oxygens (including phenoxy) is 1. The van der Waals surface area contributed by atoms with Gasteiger partial charge in [-0.05, 0) is 50.5 Å². The summed E-state index contributed by atoms with van der Waals surface area (Å²) in [4.78, 5) is 14.1. The molecular weight excluding hydrogens is 328 g/mol. The zero-order valence-corrected chi connectivity index (χ0v) is 15.7. The van der Waals surface area contributed by atoms with E-state index in [1.807, 2.05) is 75.4 Å². The average Bonchev–Trinajstić information content (AvgIpc) is 2.59. The Hall–Kier alpha value is -2.53. The number of rotatable bonds is 6. The molecule has 2 aromatic rings. The number of hydrogen-bond donors (Lipinski definition) is 2. The number of nitrogens with two attached hydrogens (primary N) is 1. The maximum absolute atomic E-state index is 12.6. The van der Waals surface area contributed by atoms with E-state index in [0.717, 1.165) is 11.1 Å². The topological polar surface area (TPSA) is 75.8 Å². The molecule has 2 rings (SSSR count). The van der Waals surface area contributed by atoms with Gasteiger partial charge in [0.25, 0.3) is 0 Å². The second kappa shape index (κ2) is 8.72. The first kappa shape index (κ1) is 19.8.